The number of unbranched alkanes of at least 4 members (excludes halogenated alkanes) is 1. The highest BCUT2D eigenvalue weighted by atomic mass is 35.5. The summed E-state index contributed by atoms with van der Waals surface area (Å²) in [7, 11) is -8.80. The number of nitrogens with zero attached hydrogens (tertiary/aromatic N) is 1. The van der Waals surface area contributed by atoms with Gasteiger partial charge in [-0.1, -0.05) is 35.0 Å². The Morgan fingerprint density at radius 3 is 2.35 bits per heavy atom. The number of thioether (sulfide) groups is 1. The van der Waals surface area contributed by atoms with Gasteiger partial charge in [0.05, 0.1) is 37.1 Å². The smallest absolute Gasteiger partial charge is 0.0989 e. The van der Waals surface area contributed by atoms with Gasteiger partial charge in [0.2, 0.25) is 0 Å². The summed E-state index contributed by atoms with van der Waals surface area (Å²) < 4.78 is 68.7. The van der Waals surface area contributed by atoms with E-state index in [0.717, 1.165) is 20.2 Å². The van der Waals surface area contributed by atoms with Crippen molar-refractivity contribution in [3.63, 3.8) is 0 Å². The molecule has 0 saturated carbocycles. The van der Waals surface area contributed by atoms with Crippen LogP contribution in [0.2, 0.25) is 10.0 Å². The molecule has 0 bridgehead atoms. The first-order valence-electron chi connectivity index (χ1n) is 10.2. The second kappa shape index (κ2) is 10.1. The van der Waals surface area contributed by atoms with Gasteiger partial charge >= 0.3 is 0 Å². The molecule has 1 aromatic heterocycles. The average molecular weight is 581 g/mol. The molecule has 34 heavy (non-hydrogen) atoms. The van der Waals surface area contributed by atoms with Crippen LogP contribution in [0.4, 0.5) is 5.69 Å². The summed E-state index contributed by atoms with van der Waals surface area (Å²) in [5.74, 6) is -1.05. The Hall–Kier alpha value is -1.05. The van der Waals surface area contributed by atoms with Crippen LogP contribution in [-0.4, -0.2) is 43.6 Å². The van der Waals surface area contributed by atoms with E-state index in [9.17, 15) is 25.9 Å². The van der Waals surface area contributed by atoms with E-state index in [1.54, 1.807) is 30.0 Å². The molecule has 1 atom stereocenters. The predicted octanol–water partition coefficient (Wildman–Crippen LogP) is 5.06. The van der Waals surface area contributed by atoms with Gasteiger partial charge in [-0.3, -0.25) is 0 Å². The third-order valence-corrected chi connectivity index (χ3v) is 9.83. The minimum absolute atomic E-state index is 0.131. The van der Waals surface area contributed by atoms with Gasteiger partial charge in [0.15, 0.2) is 0 Å². The summed E-state index contributed by atoms with van der Waals surface area (Å²) in [6.45, 7) is 0.492. The molecule has 3 aromatic rings. The van der Waals surface area contributed by atoms with Crippen molar-refractivity contribution in [3.05, 3.63) is 56.9 Å². The highest BCUT2D eigenvalue weighted by molar-refractivity contribution is 8.00. The maximum Gasteiger partial charge on any atom is 0.0989 e. The topological polar surface area (TPSA) is 118 Å². The Labute approximate surface area is 216 Å². The number of halogens is 2. The summed E-state index contributed by atoms with van der Waals surface area (Å²) in [5.41, 5.74) is 1.36. The maximum absolute atomic E-state index is 11.7. The van der Waals surface area contributed by atoms with Crippen LogP contribution in [0.3, 0.4) is 0 Å². The van der Waals surface area contributed by atoms with Crippen molar-refractivity contribution in [2.24, 2.45) is 0 Å². The van der Waals surface area contributed by atoms with Gasteiger partial charge in [-0.2, -0.15) is 0 Å². The van der Waals surface area contributed by atoms with Gasteiger partial charge in [-0.05, 0) is 60.2 Å². The molecule has 2 aromatic carbocycles. The summed E-state index contributed by atoms with van der Waals surface area (Å²) in [5, 5.41) is 1.53. The first-order valence-corrected chi connectivity index (χ1v) is 15.8. The van der Waals surface area contributed by atoms with E-state index in [-0.39, 0.29) is 11.8 Å². The lowest BCUT2D eigenvalue weighted by molar-refractivity contribution is 0.458. The van der Waals surface area contributed by atoms with Crippen molar-refractivity contribution in [2.75, 3.05) is 17.2 Å². The fourth-order valence-corrected chi connectivity index (χ4v) is 8.34. The lowest BCUT2D eigenvalue weighted by Gasteiger charge is -2.27. The zero-order chi connectivity index (χ0) is 24.7. The quantitative estimate of drug-likeness (QED) is 0.255. The summed E-state index contributed by atoms with van der Waals surface area (Å²) >= 11 is 15.4. The van der Waals surface area contributed by atoms with Crippen LogP contribution in [0.15, 0.2) is 41.3 Å². The molecule has 2 heterocycles. The number of thiophene rings is 1. The van der Waals surface area contributed by atoms with Crippen LogP contribution in [0, 0.1) is 0 Å². The summed E-state index contributed by atoms with van der Waals surface area (Å²) in [6.07, 6.45) is 1.17. The van der Waals surface area contributed by atoms with Gasteiger partial charge in [0, 0.05) is 43.2 Å². The number of rotatable bonds is 9. The van der Waals surface area contributed by atoms with E-state index >= 15 is 0 Å². The van der Waals surface area contributed by atoms with Crippen LogP contribution in [0.25, 0.3) is 10.1 Å². The molecule has 0 aliphatic carbocycles. The minimum Gasteiger partial charge on any atom is -0.748 e. The Morgan fingerprint density at radius 2 is 1.65 bits per heavy atom. The van der Waals surface area contributed by atoms with Gasteiger partial charge in [-0.25, -0.2) is 16.8 Å². The molecule has 0 saturated heterocycles. The van der Waals surface area contributed by atoms with E-state index in [1.165, 1.54) is 11.3 Å². The summed E-state index contributed by atoms with van der Waals surface area (Å²) in [6, 6.07) is 10.7. The SMILES string of the molecule is O=S(=O)([O-])CCCCN1c2cc(Cl)ccc2SC1Cc1sc2ccc(Cl)cc2c1CS(=O)(=O)[O-]. The highest BCUT2D eigenvalue weighted by Gasteiger charge is 2.31. The van der Waals surface area contributed by atoms with Crippen molar-refractivity contribution in [3.8, 4) is 0 Å². The Bertz CT molecular complexity index is 1440. The van der Waals surface area contributed by atoms with Gasteiger partial charge in [0.25, 0.3) is 0 Å². The standard InChI is InChI=1S/C21H21Cl2NO6S4/c22-13-3-5-18-15(9-13)16(12-34(28,29)30)20(31-18)11-21-24(7-1-2-8-33(25,26)27)17-10-14(23)4-6-19(17)32-21/h3-6,9-10,21H,1-2,7-8,11-12H2,(H,25,26,27)(H,28,29,30)/p-2. The number of benzene rings is 2. The zero-order valence-corrected chi connectivity index (χ0v) is 22.3. The first-order chi connectivity index (χ1) is 15.9. The van der Waals surface area contributed by atoms with Crippen molar-refractivity contribution < 1.29 is 25.9 Å². The molecule has 0 amide bonds. The third kappa shape index (κ3) is 6.38. The molecule has 7 nitrogen and oxygen atoms in total. The van der Waals surface area contributed by atoms with E-state index in [2.05, 4.69) is 4.90 Å². The molecule has 0 spiro atoms. The second-order valence-electron chi connectivity index (χ2n) is 7.90. The van der Waals surface area contributed by atoms with Crippen LogP contribution >= 0.6 is 46.3 Å². The first kappa shape index (κ1) is 26.0. The molecule has 1 aliphatic rings. The van der Waals surface area contributed by atoms with Crippen LogP contribution in [0.5, 0.6) is 0 Å². The van der Waals surface area contributed by atoms with Crippen LogP contribution < -0.4 is 4.90 Å². The zero-order valence-electron chi connectivity index (χ0n) is 17.6. The van der Waals surface area contributed by atoms with Crippen molar-refractivity contribution >= 4 is 82.3 Å². The maximum atomic E-state index is 11.7. The van der Waals surface area contributed by atoms with E-state index in [4.69, 9.17) is 23.2 Å². The number of fused-ring (bicyclic) bond motifs is 2. The average Bonchev–Trinajstić information content (AvgIpc) is 3.21. The fraction of sp³-hybridized carbons (Fsp3) is 0.333. The van der Waals surface area contributed by atoms with E-state index in [1.807, 2.05) is 18.2 Å². The monoisotopic (exact) mass is 579 g/mol. The molecule has 4 rings (SSSR count). The lowest BCUT2D eigenvalue weighted by Crippen LogP contribution is -2.32. The minimum atomic E-state index is -4.52. The molecule has 184 valence electrons. The Balaban J connectivity index is 1.65. The number of hydrogen-bond acceptors (Lipinski definition) is 9. The number of hydrogen-bond donors (Lipinski definition) is 0. The lowest BCUT2D eigenvalue weighted by atomic mass is 10.1. The third-order valence-electron chi connectivity index (χ3n) is 5.40. The van der Waals surface area contributed by atoms with Crippen LogP contribution in [-0.2, 0) is 32.4 Å². The normalized spacial score (nSPS) is 16.4. The van der Waals surface area contributed by atoms with Gasteiger partial charge < -0.3 is 14.0 Å². The second-order valence-corrected chi connectivity index (χ2v) is 14.1. The van der Waals surface area contributed by atoms with Crippen molar-refractivity contribution in [1.82, 2.24) is 0 Å². The molecule has 1 unspecified atom stereocenters. The predicted molar refractivity (Wildman–Crippen MR) is 136 cm³/mol. The largest absolute Gasteiger partial charge is 0.748 e. The molecule has 0 fully saturated rings. The van der Waals surface area contributed by atoms with Crippen molar-refractivity contribution in [2.45, 2.75) is 35.3 Å². The molecular formula is C21H19Cl2NO6S4-2. The Kier molecular flexibility index (Phi) is 7.76. The van der Waals surface area contributed by atoms with E-state index < -0.39 is 31.7 Å². The molecule has 0 N–H and O–H groups in total. The summed E-state index contributed by atoms with van der Waals surface area (Å²) in [4.78, 5) is 3.86. The van der Waals surface area contributed by atoms with E-state index in [0.29, 0.717) is 40.4 Å². The number of anilines is 1. The Morgan fingerprint density at radius 1 is 0.941 bits per heavy atom. The van der Waals surface area contributed by atoms with Gasteiger partial charge in [0.1, 0.15) is 0 Å². The van der Waals surface area contributed by atoms with Crippen molar-refractivity contribution in [1.29, 1.82) is 0 Å². The van der Waals surface area contributed by atoms with Crippen LogP contribution in [0.1, 0.15) is 23.3 Å². The fourth-order valence-electron chi connectivity index (χ4n) is 3.99. The molecular weight excluding hydrogens is 561 g/mol. The molecule has 0 radical (unpaired) electrons. The van der Waals surface area contributed by atoms with Gasteiger partial charge in [-0.15, -0.1) is 11.3 Å². The molecule has 13 heteroatoms. The molecule has 1 aliphatic heterocycles. The highest BCUT2D eigenvalue weighted by Crippen LogP contribution is 2.47.